The number of fused-ring (bicyclic) bond motifs is 1. The first-order chi connectivity index (χ1) is 9.20. The Kier molecular flexibility index (Phi) is 4.63. The van der Waals surface area contributed by atoms with E-state index in [4.69, 9.17) is 0 Å². The van der Waals surface area contributed by atoms with Crippen molar-refractivity contribution in [2.75, 3.05) is 25.0 Å². The Hall–Kier alpha value is -1.75. The average molecular weight is 259 g/mol. The van der Waals surface area contributed by atoms with E-state index < -0.39 is 0 Å². The molecule has 102 valence electrons. The fraction of sp³-hybridized carbons (Fsp3) is 0.500. The molecule has 0 saturated heterocycles. The molecule has 0 aliphatic heterocycles. The summed E-state index contributed by atoms with van der Waals surface area (Å²) in [6.07, 6.45) is 3.34. The molecule has 19 heavy (non-hydrogen) atoms. The van der Waals surface area contributed by atoms with Gasteiger partial charge in [-0.3, -0.25) is 9.88 Å². The van der Waals surface area contributed by atoms with Crippen LogP contribution in [-0.2, 0) is 0 Å². The SMILES string of the molecule is CCN(CCNc1ccc2nccnc2n1)C(C)C. The van der Waals surface area contributed by atoms with E-state index in [-0.39, 0.29) is 0 Å². The Morgan fingerprint density at radius 3 is 2.74 bits per heavy atom. The normalized spacial score (nSPS) is 11.4. The van der Waals surface area contributed by atoms with E-state index in [0.29, 0.717) is 11.7 Å². The fourth-order valence-electron chi connectivity index (χ4n) is 2.06. The third-order valence-corrected chi connectivity index (χ3v) is 3.17. The van der Waals surface area contributed by atoms with Gasteiger partial charge in [-0.15, -0.1) is 0 Å². The van der Waals surface area contributed by atoms with Gasteiger partial charge in [-0.25, -0.2) is 9.97 Å². The molecular formula is C14H21N5. The monoisotopic (exact) mass is 259 g/mol. The van der Waals surface area contributed by atoms with Crippen LogP contribution in [0.25, 0.3) is 11.2 Å². The zero-order valence-electron chi connectivity index (χ0n) is 11.8. The second-order valence-electron chi connectivity index (χ2n) is 4.74. The van der Waals surface area contributed by atoms with E-state index >= 15 is 0 Å². The molecule has 0 aliphatic carbocycles. The minimum atomic E-state index is 0.572. The molecule has 1 N–H and O–H groups in total. The van der Waals surface area contributed by atoms with Crippen molar-refractivity contribution in [2.24, 2.45) is 0 Å². The zero-order valence-corrected chi connectivity index (χ0v) is 11.8. The molecule has 0 bridgehead atoms. The van der Waals surface area contributed by atoms with Crippen LogP contribution >= 0.6 is 0 Å². The summed E-state index contributed by atoms with van der Waals surface area (Å²) in [4.78, 5) is 15.3. The molecule has 0 fully saturated rings. The van der Waals surface area contributed by atoms with Crippen LogP contribution in [0.2, 0.25) is 0 Å². The van der Waals surface area contributed by atoms with Gasteiger partial charge in [-0.1, -0.05) is 6.92 Å². The number of nitrogens with zero attached hydrogens (tertiary/aromatic N) is 4. The second-order valence-corrected chi connectivity index (χ2v) is 4.74. The predicted molar refractivity (Wildman–Crippen MR) is 78.2 cm³/mol. The Labute approximate surface area is 114 Å². The van der Waals surface area contributed by atoms with Crippen molar-refractivity contribution in [3.63, 3.8) is 0 Å². The number of aromatic nitrogens is 3. The fourth-order valence-corrected chi connectivity index (χ4v) is 2.06. The van der Waals surface area contributed by atoms with Crippen LogP contribution in [0.15, 0.2) is 24.5 Å². The van der Waals surface area contributed by atoms with Crippen molar-refractivity contribution in [3.8, 4) is 0 Å². The molecule has 0 unspecified atom stereocenters. The smallest absolute Gasteiger partial charge is 0.180 e. The first-order valence-corrected chi connectivity index (χ1v) is 6.76. The lowest BCUT2D eigenvalue weighted by atomic mass is 10.3. The van der Waals surface area contributed by atoms with Crippen LogP contribution in [0.1, 0.15) is 20.8 Å². The van der Waals surface area contributed by atoms with Gasteiger partial charge in [0.1, 0.15) is 11.3 Å². The van der Waals surface area contributed by atoms with Gasteiger partial charge >= 0.3 is 0 Å². The maximum absolute atomic E-state index is 4.44. The van der Waals surface area contributed by atoms with Gasteiger partial charge in [0.25, 0.3) is 0 Å². The first-order valence-electron chi connectivity index (χ1n) is 6.76. The summed E-state index contributed by atoms with van der Waals surface area (Å²) in [5, 5.41) is 3.34. The van der Waals surface area contributed by atoms with Gasteiger partial charge in [-0.05, 0) is 32.5 Å². The van der Waals surface area contributed by atoms with E-state index in [1.807, 2.05) is 12.1 Å². The van der Waals surface area contributed by atoms with E-state index in [2.05, 4.69) is 45.9 Å². The number of likely N-dealkylation sites (N-methyl/N-ethyl adjacent to an activating group) is 1. The number of anilines is 1. The van der Waals surface area contributed by atoms with Crippen LogP contribution in [0.3, 0.4) is 0 Å². The van der Waals surface area contributed by atoms with Crippen molar-refractivity contribution >= 4 is 17.0 Å². The summed E-state index contributed by atoms with van der Waals surface area (Å²) >= 11 is 0. The van der Waals surface area contributed by atoms with E-state index in [1.54, 1.807) is 12.4 Å². The van der Waals surface area contributed by atoms with Gasteiger partial charge in [0.15, 0.2) is 5.65 Å². The second kappa shape index (κ2) is 6.43. The third kappa shape index (κ3) is 3.61. The van der Waals surface area contributed by atoms with Gasteiger partial charge in [0.2, 0.25) is 0 Å². The van der Waals surface area contributed by atoms with Gasteiger partial charge in [-0.2, -0.15) is 0 Å². The number of nitrogens with one attached hydrogen (secondary N) is 1. The highest BCUT2D eigenvalue weighted by atomic mass is 15.2. The molecule has 0 spiro atoms. The lowest BCUT2D eigenvalue weighted by Crippen LogP contribution is -2.34. The summed E-state index contributed by atoms with van der Waals surface area (Å²) in [7, 11) is 0. The molecule has 2 aromatic rings. The molecule has 0 radical (unpaired) electrons. The molecule has 0 amide bonds. The summed E-state index contributed by atoms with van der Waals surface area (Å²) < 4.78 is 0. The summed E-state index contributed by atoms with van der Waals surface area (Å²) in [6, 6.07) is 4.46. The summed E-state index contributed by atoms with van der Waals surface area (Å²) in [5.74, 6) is 0.854. The van der Waals surface area contributed by atoms with Crippen LogP contribution < -0.4 is 5.32 Å². The van der Waals surface area contributed by atoms with Crippen LogP contribution in [0.4, 0.5) is 5.82 Å². The Morgan fingerprint density at radius 1 is 1.21 bits per heavy atom. The Balaban J connectivity index is 1.94. The average Bonchev–Trinajstić information content (AvgIpc) is 2.43. The minimum absolute atomic E-state index is 0.572. The quantitative estimate of drug-likeness (QED) is 0.861. The van der Waals surface area contributed by atoms with Gasteiger partial charge in [0.05, 0.1) is 0 Å². The van der Waals surface area contributed by atoms with Crippen molar-refractivity contribution in [3.05, 3.63) is 24.5 Å². The largest absolute Gasteiger partial charge is 0.369 e. The molecular weight excluding hydrogens is 238 g/mol. The number of hydrogen-bond donors (Lipinski definition) is 1. The summed E-state index contributed by atoms with van der Waals surface area (Å²) in [5.41, 5.74) is 1.51. The molecule has 5 heteroatoms. The molecule has 2 heterocycles. The molecule has 2 aromatic heterocycles. The van der Waals surface area contributed by atoms with Crippen molar-refractivity contribution in [1.82, 2.24) is 19.9 Å². The van der Waals surface area contributed by atoms with Crippen LogP contribution in [0, 0.1) is 0 Å². The molecule has 0 atom stereocenters. The molecule has 0 saturated carbocycles. The Morgan fingerprint density at radius 2 is 2.00 bits per heavy atom. The predicted octanol–water partition coefficient (Wildman–Crippen LogP) is 2.17. The van der Waals surface area contributed by atoms with Gasteiger partial charge < -0.3 is 5.32 Å². The van der Waals surface area contributed by atoms with E-state index in [1.165, 1.54) is 0 Å². The number of hydrogen-bond acceptors (Lipinski definition) is 5. The van der Waals surface area contributed by atoms with E-state index in [9.17, 15) is 0 Å². The highest BCUT2D eigenvalue weighted by Crippen LogP contribution is 2.09. The standard InChI is InChI=1S/C14H21N5/c1-4-19(11(2)3)10-9-16-13-6-5-12-14(18-13)17-8-7-15-12/h5-8,11H,4,9-10H2,1-3H3,(H,16,17,18). The molecule has 0 aliphatic rings. The van der Waals surface area contributed by atoms with Gasteiger partial charge in [0, 0.05) is 31.5 Å². The molecule has 2 rings (SSSR count). The van der Waals surface area contributed by atoms with Crippen LogP contribution in [0.5, 0.6) is 0 Å². The lowest BCUT2D eigenvalue weighted by molar-refractivity contribution is 0.243. The number of rotatable bonds is 6. The highest BCUT2D eigenvalue weighted by molar-refractivity contribution is 5.71. The topological polar surface area (TPSA) is 53.9 Å². The minimum Gasteiger partial charge on any atom is -0.369 e. The molecule has 0 aromatic carbocycles. The Bertz CT molecular complexity index is 526. The van der Waals surface area contributed by atoms with E-state index in [0.717, 1.165) is 31.0 Å². The van der Waals surface area contributed by atoms with Crippen LogP contribution in [-0.4, -0.2) is 45.5 Å². The maximum atomic E-state index is 4.44. The van der Waals surface area contributed by atoms with Crippen molar-refractivity contribution in [1.29, 1.82) is 0 Å². The maximum Gasteiger partial charge on any atom is 0.180 e. The summed E-state index contributed by atoms with van der Waals surface area (Å²) in [6.45, 7) is 9.57. The third-order valence-electron chi connectivity index (χ3n) is 3.17. The lowest BCUT2D eigenvalue weighted by Gasteiger charge is -2.24. The first kappa shape index (κ1) is 13.7. The van der Waals surface area contributed by atoms with Crippen molar-refractivity contribution < 1.29 is 0 Å². The zero-order chi connectivity index (χ0) is 13.7. The highest BCUT2D eigenvalue weighted by Gasteiger charge is 2.06. The number of pyridine rings is 1. The van der Waals surface area contributed by atoms with Crippen molar-refractivity contribution in [2.45, 2.75) is 26.8 Å². The molecule has 5 nitrogen and oxygen atoms in total.